The molecule has 0 unspecified atom stereocenters. The van der Waals surface area contributed by atoms with Gasteiger partial charge in [0.05, 0.1) is 17.6 Å². The second-order valence-electron chi connectivity index (χ2n) is 5.89. The van der Waals surface area contributed by atoms with Crippen LogP contribution in [0.5, 0.6) is 5.75 Å². The minimum atomic E-state index is -4.57. The van der Waals surface area contributed by atoms with Gasteiger partial charge in [-0.25, -0.2) is 0 Å². The van der Waals surface area contributed by atoms with Crippen LogP contribution in [-0.4, -0.2) is 22.4 Å². The van der Waals surface area contributed by atoms with Crippen LogP contribution in [0.1, 0.15) is 31.4 Å². The van der Waals surface area contributed by atoms with Gasteiger partial charge in [-0.05, 0) is 37.5 Å². The maximum absolute atomic E-state index is 12.6. The molecular formula is C18H18F3N3O4. The average molecular weight is 397 g/mol. The monoisotopic (exact) mass is 397 g/mol. The number of ether oxygens (including phenoxy) is 1. The van der Waals surface area contributed by atoms with Crippen molar-refractivity contribution in [3.05, 3.63) is 58.4 Å². The highest BCUT2D eigenvalue weighted by atomic mass is 19.4. The Kier molecular flexibility index (Phi) is 7.30. The third-order valence-corrected chi connectivity index (χ3v) is 3.68. The summed E-state index contributed by atoms with van der Waals surface area (Å²) in [5.74, 6) is 0.00373. The fourth-order valence-corrected chi connectivity index (χ4v) is 2.33. The molecule has 10 heteroatoms. The number of halogens is 3. The zero-order chi connectivity index (χ0) is 20.6. The number of nitrogens with one attached hydrogen (secondary N) is 1. The summed E-state index contributed by atoms with van der Waals surface area (Å²) >= 11 is 0. The first-order valence-corrected chi connectivity index (χ1v) is 8.46. The van der Waals surface area contributed by atoms with Crippen LogP contribution in [-0.2, 0) is 11.0 Å². The zero-order valence-electron chi connectivity index (χ0n) is 14.7. The second-order valence-corrected chi connectivity index (χ2v) is 5.89. The Hall–Kier alpha value is -3.17. The third kappa shape index (κ3) is 6.86. The molecule has 0 bridgehead atoms. The van der Waals surface area contributed by atoms with Gasteiger partial charge in [0.1, 0.15) is 11.4 Å². The molecule has 0 spiro atoms. The van der Waals surface area contributed by atoms with Crippen LogP contribution in [0.25, 0.3) is 0 Å². The summed E-state index contributed by atoms with van der Waals surface area (Å²) in [7, 11) is 0. The van der Waals surface area contributed by atoms with Crippen molar-refractivity contribution in [3.8, 4) is 5.75 Å². The van der Waals surface area contributed by atoms with E-state index >= 15 is 0 Å². The first-order valence-electron chi connectivity index (χ1n) is 8.46. The van der Waals surface area contributed by atoms with E-state index in [2.05, 4.69) is 10.3 Å². The number of benzene rings is 1. The van der Waals surface area contributed by atoms with Crippen molar-refractivity contribution in [2.45, 2.75) is 31.9 Å². The molecule has 1 amide bonds. The van der Waals surface area contributed by atoms with Gasteiger partial charge in [-0.1, -0.05) is 6.07 Å². The number of rotatable bonds is 9. The van der Waals surface area contributed by atoms with E-state index in [0.717, 1.165) is 12.3 Å². The Balaban J connectivity index is 1.66. The predicted octanol–water partition coefficient (Wildman–Crippen LogP) is 4.59. The van der Waals surface area contributed by atoms with Crippen LogP contribution in [0.4, 0.5) is 24.5 Å². The number of aromatic nitrogens is 1. The lowest BCUT2D eigenvalue weighted by Gasteiger charge is -2.09. The molecule has 28 heavy (non-hydrogen) atoms. The third-order valence-electron chi connectivity index (χ3n) is 3.68. The number of nitro benzene ring substituents is 1. The van der Waals surface area contributed by atoms with Crippen LogP contribution < -0.4 is 10.1 Å². The second kappa shape index (κ2) is 9.67. The van der Waals surface area contributed by atoms with Crippen LogP contribution in [0.2, 0.25) is 0 Å². The summed E-state index contributed by atoms with van der Waals surface area (Å²) in [6, 6.07) is 7.92. The van der Waals surface area contributed by atoms with E-state index in [-0.39, 0.29) is 23.7 Å². The van der Waals surface area contributed by atoms with Gasteiger partial charge in [0.2, 0.25) is 5.91 Å². The number of pyridine rings is 1. The molecule has 1 N–H and O–H groups in total. The fraction of sp³-hybridized carbons (Fsp3) is 0.333. The highest BCUT2D eigenvalue weighted by Crippen LogP contribution is 2.28. The zero-order valence-corrected chi connectivity index (χ0v) is 14.7. The van der Waals surface area contributed by atoms with E-state index < -0.39 is 16.8 Å². The van der Waals surface area contributed by atoms with Crippen molar-refractivity contribution in [1.29, 1.82) is 0 Å². The largest absolute Gasteiger partial charge is 0.493 e. The number of amides is 1. The summed E-state index contributed by atoms with van der Waals surface area (Å²) in [5.41, 5.74) is -1.08. The van der Waals surface area contributed by atoms with Gasteiger partial charge in [-0.3, -0.25) is 19.9 Å². The molecule has 150 valence electrons. The minimum absolute atomic E-state index is 0.0429. The van der Waals surface area contributed by atoms with Crippen LogP contribution in [0.15, 0.2) is 42.6 Å². The van der Waals surface area contributed by atoms with E-state index in [1.807, 2.05) is 0 Å². The quantitative estimate of drug-likeness (QED) is 0.379. The van der Waals surface area contributed by atoms with Crippen molar-refractivity contribution >= 4 is 17.3 Å². The number of unbranched alkanes of at least 4 members (excludes halogenated alkanes) is 2. The minimum Gasteiger partial charge on any atom is -0.493 e. The van der Waals surface area contributed by atoms with E-state index in [9.17, 15) is 28.1 Å². The molecule has 2 aromatic rings. The van der Waals surface area contributed by atoms with Crippen LogP contribution in [0.3, 0.4) is 0 Å². The van der Waals surface area contributed by atoms with E-state index in [1.165, 1.54) is 24.3 Å². The van der Waals surface area contributed by atoms with Crippen LogP contribution in [0, 0.1) is 10.1 Å². The average Bonchev–Trinajstić information content (AvgIpc) is 2.64. The summed E-state index contributed by atoms with van der Waals surface area (Å²) in [6.45, 7) is 0.335. The van der Waals surface area contributed by atoms with Gasteiger partial charge in [-0.2, -0.15) is 13.2 Å². The van der Waals surface area contributed by atoms with Gasteiger partial charge in [0.15, 0.2) is 0 Å². The van der Waals surface area contributed by atoms with Crippen molar-refractivity contribution in [3.63, 3.8) is 0 Å². The lowest BCUT2D eigenvalue weighted by molar-refractivity contribution is -0.384. The number of non-ortho nitro benzene ring substituents is 1. The van der Waals surface area contributed by atoms with Crippen molar-refractivity contribution in [2.75, 3.05) is 11.9 Å². The molecule has 0 aliphatic rings. The van der Waals surface area contributed by atoms with Gasteiger partial charge < -0.3 is 10.1 Å². The van der Waals surface area contributed by atoms with Crippen molar-refractivity contribution in [2.24, 2.45) is 0 Å². The first kappa shape index (κ1) is 21.1. The Labute approximate surface area is 158 Å². The SMILES string of the molecule is O=C(CCCCCOc1cccc([N+](=O)[O-])c1)Nc1ccnc(C(F)(F)F)c1. The molecule has 0 saturated heterocycles. The normalized spacial score (nSPS) is 11.1. The summed E-state index contributed by atoms with van der Waals surface area (Å²) in [5, 5.41) is 13.1. The molecule has 0 fully saturated rings. The summed E-state index contributed by atoms with van der Waals surface area (Å²) in [4.78, 5) is 25.2. The highest BCUT2D eigenvalue weighted by Gasteiger charge is 2.32. The topological polar surface area (TPSA) is 94.4 Å². The molecular weight excluding hydrogens is 379 g/mol. The van der Waals surface area contributed by atoms with Gasteiger partial charge >= 0.3 is 6.18 Å². The Morgan fingerprint density at radius 3 is 2.68 bits per heavy atom. The summed E-state index contributed by atoms with van der Waals surface area (Å²) in [6.07, 6.45) is -1.61. The lowest BCUT2D eigenvalue weighted by atomic mass is 10.2. The van der Waals surface area contributed by atoms with E-state index in [4.69, 9.17) is 4.74 Å². The number of carbonyl (C=O) groups excluding carboxylic acids is 1. The standard InChI is InChI=1S/C18H18F3N3O4/c19-18(20,21)16-11-13(8-9-22-16)23-17(25)7-2-1-3-10-28-15-6-4-5-14(12-15)24(26)27/h4-6,8-9,11-12H,1-3,7,10H2,(H,22,23,25). The van der Waals surface area contributed by atoms with E-state index in [1.54, 1.807) is 6.07 Å². The number of hydrogen-bond acceptors (Lipinski definition) is 5. The number of carbonyl (C=O) groups is 1. The molecule has 1 heterocycles. The maximum Gasteiger partial charge on any atom is 0.433 e. The predicted molar refractivity (Wildman–Crippen MR) is 94.9 cm³/mol. The molecule has 0 radical (unpaired) electrons. The molecule has 0 aliphatic heterocycles. The van der Waals surface area contributed by atoms with E-state index in [0.29, 0.717) is 31.6 Å². The maximum atomic E-state index is 12.6. The molecule has 0 atom stereocenters. The molecule has 7 nitrogen and oxygen atoms in total. The Morgan fingerprint density at radius 2 is 1.96 bits per heavy atom. The highest BCUT2D eigenvalue weighted by molar-refractivity contribution is 5.90. The fourth-order valence-electron chi connectivity index (χ4n) is 2.33. The Morgan fingerprint density at radius 1 is 1.18 bits per heavy atom. The smallest absolute Gasteiger partial charge is 0.433 e. The van der Waals surface area contributed by atoms with Crippen LogP contribution >= 0.6 is 0 Å². The first-order chi connectivity index (χ1) is 13.3. The Bertz CT molecular complexity index is 828. The number of anilines is 1. The van der Waals surface area contributed by atoms with Crippen molar-refractivity contribution in [1.82, 2.24) is 4.98 Å². The number of nitrogens with zero attached hydrogens (tertiary/aromatic N) is 2. The number of alkyl halides is 3. The number of nitro groups is 1. The lowest BCUT2D eigenvalue weighted by Crippen LogP contribution is -2.13. The molecule has 0 saturated carbocycles. The van der Waals surface area contributed by atoms with Gasteiger partial charge in [0.25, 0.3) is 5.69 Å². The molecule has 1 aromatic heterocycles. The van der Waals surface area contributed by atoms with Crippen molar-refractivity contribution < 1.29 is 27.6 Å². The number of hydrogen-bond donors (Lipinski definition) is 1. The molecule has 0 aliphatic carbocycles. The van der Waals surface area contributed by atoms with Gasteiger partial charge in [-0.15, -0.1) is 0 Å². The molecule has 1 aromatic carbocycles. The van der Waals surface area contributed by atoms with Gasteiger partial charge in [0, 0.05) is 24.4 Å². The summed E-state index contributed by atoms with van der Waals surface area (Å²) < 4.78 is 43.2. The molecule has 2 rings (SSSR count).